The number of ether oxygens (including phenoxy) is 5. The molecule has 0 radical (unpaired) electrons. The molecule has 166 valence electrons. The summed E-state index contributed by atoms with van der Waals surface area (Å²) in [6, 6.07) is 14.1. The molecule has 2 saturated heterocycles. The van der Waals surface area contributed by atoms with Crippen LogP contribution in [0.4, 0.5) is 4.39 Å². The second-order valence-electron chi connectivity index (χ2n) is 8.28. The Morgan fingerprint density at radius 1 is 0.968 bits per heavy atom. The largest absolute Gasteiger partial charge is 0.493 e. The molecule has 0 atom stereocenters. The highest BCUT2D eigenvalue weighted by atomic mass is 19.1. The van der Waals surface area contributed by atoms with Gasteiger partial charge in [-0.2, -0.15) is 0 Å². The predicted molar refractivity (Wildman–Crippen MR) is 111 cm³/mol. The fourth-order valence-corrected chi connectivity index (χ4v) is 3.74. The van der Waals surface area contributed by atoms with Gasteiger partial charge in [0, 0.05) is 0 Å². The molecule has 2 aliphatic heterocycles. The van der Waals surface area contributed by atoms with E-state index in [1.165, 1.54) is 6.07 Å². The highest BCUT2D eigenvalue weighted by molar-refractivity contribution is 5.72. The van der Waals surface area contributed by atoms with Gasteiger partial charge in [0.05, 0.1) is 50.3 Å². The second-order valence-corrected chi connectivity index (χ2v) is 8.28. The number of carbonyl (C=O) groups excluding carboxylic acids is 1. The summed E-state index contributed by atoms with van der Waals surface area (Å²) in [6.07, 6.45) is 0.300. The van der Waals surface area contributed by atoms with Gasteiger partial charge in [-0.1, -0.05) is 24.3 Å². The lowest BCUT2D eigenvalue weighted by molar-refractivity contribution is -0.151. The summed E-state index contributed by atoms with van der Waals surface area (Å²) < 4.78 is 41.4. The number of rotatable bonds is 10. The summed E-state index contributed by atoms with van der Waals surface area (Å²) in [4.78, 5) is 12.0. The maximum Gasteiger partial charge on any atom is 0.306 e. The molecule has 7 heteroatoms. The van der Waals surface area contributed by atoms with Crippen LogP contribution in [0, 0.1) is 11.2 Å². The lowest BCUT2D eigenvalue weighted by atomic mass is 9.76. The quantitative estimate of drug-likeness (QED) is 0.538. The second kappa shape index (κ2) is 9.24. The summed E-state index contributed by atoms with van der Waals surface area (Å²) >= 11 is 0. The van der Waals surface area contributed by atoms with Gasteiger partial charge in [-0.15, -0.1) is 0 Å². The van der Waals surface area contributed by atoms with Crippen molar-refractivity contribution in [1.29, 1.82) is 0 Å². The minimum Gasteiger partial charge on any atom is -0.493 e. The summed E-state index contributed by atoms with van der Waals surface area (Å²) in [5.74, 6) is 0.346. The topological polar surface area (TPSA) is 63.2 Å². The first-order valence-electron chi connectivity index (χ1n) is 10.5. The van der Waals surface area contributed by atoms with Crippen LogP contribution in [0.1, 0.15) is 18.9 Å². The van der Waals surface area contributed by atoms with Crippen molar-refractivity contribution in [2.24, 2.45) is 5.41 Å². The SMILES string of the molecule is CCOC(=O)CC1(c2ccc(OCC3(COc4ccccc4F)COC3)cc2)COC1. The molecule has 0 aromatic heterocycles. The van der Waals surface area contributed by atoms with Crippen molar-refractivity contribution in [2.45, 2.75) is 18.8 Å². The third-order valence-electron chi connectivity index (χ3n) is 5.74. The lowest BCUT2D eigenvalue weighted by Gasteiger charge is -2.41. The molecular formula is C24H27FO6. The van der Waals surface area contributed by atoms with Crippen LogP contribution in [-0.2, 0) is 24.4 Å². The first kappa shape index (κ1) is 21.6. The molecule has 2 fully saturated rings. The molecule has 31 heavy (non-hydrogen) atoms. The van der Waals surface area contributed by atoms with E-state index in [0.29, 0.717) is 58.4 Å². The van der Waals surface area contributed by atoms with Crippen molar-refractivity contribution < 1.29 is 32.9 Å². The van der Waals surface area contributed by atoms with E-state index >= 15 is 0 Å². The maximum atomic E-state index is 13.8. The van der Waals surface area contributed by atoms with Crippen LogP contribution in [0.25, 0.3) is 0 Å². The van der Waals surface area contributed by atoms with Gasteiger partial charge < -0.3 is 23.7 Å². The van der Waals surface area contributed by atoms with Gasteiger partial charge in [0.25, 0.3) is 0 Å². The Bertz CT molecular complexity index is 889. The van der Waals surface area contributed by atoms with Crippen molar-refractivity contribution in [3.63, 3.8) is 0 Å². The van der Waals surface area contributed by atoms with Gasteiger partial charge in [0.2, 0.25) is 0 Å². The van der Waals surface area contributed by atoms with Crippen molar-refractivity contribution in [3.8, 4) is 11.5 Å². The average Bonchev–Trinajstić information content (AvgIpc) is 2.71. The minimum absolute atomic E-state index is 0.215. The zero-order chi connectivity index (χ0) is 21.7. The van der Waals surface area contributed by atoms with Gasteiger partial charge in [-0.05, 0) is 36.8 Å². The molecule has 0 saturated carbocycles. The zero-order valence-corrected chi connectivity index (χ0v) is 17.6. The molecule has 0 bridgehead atoms. The Hall–Kier alpha value is -2.64. The molecule has 4 rings (SSSR count). The molecule has 0 spiro atoms. The van der Waals surface area contributed by atoms with E-state index < -0.39 is 0 Å². The van der Waals surface area contributed by atoms with Crippen molar-refractivity contribution in [1.82, 2.24) is 0 Å². The summed E-state index contributed by atoms with van der Waals surface area (Å²) in [5, 5.41) is 0. The van der Waals surface area contributed by atoms with Crippen molar-refractivity contribution in [3.05, 3.63) is 59.9 Å². The Morgan fingerprint density at radius 3 is 2.23 bits per heavy atom. The molecule has 6 nitrogen and oxygen atoms in total. The third-order valence-corrected chi connectivity index (χ3v) is 5.74. The number of para-hydroxylation sites is 1. The zero-order valence-electron chi connectivity index (χ0n) is 17.6. The highest BCUT2D eigenvalue weighted by Crippen LogP contribution is 2.37. The maximum absolute atomic E-state index is 13.8. The van der Waals surface area contributed by atoms with Crippen LogP contribution in [0.15, 0.2) is 48.5 Å². The van der Waals surface area contributed by atoms with Crippen LogP contribution in [0.2, 0.25) is 0 Å². The molecule has 2 aromatic rings. The van der Waals surface area contributed by atoms with E-state index in [0.717, 1.165) is 5.56 Å². The predicted octanol–water partition coefficient (Wildman–Crippen LogP) is 3.52. The standard InChI is InChI=1S/C24H27FO6/c1-2-29-22(26)11-24(16-28-17-24)18-7-9-19(10-8-18)30-14-23(12-27-13-23)15-31-21-6-4-3-5-20(21)25/h3-10H,2,11-17H2,1H3. The van der Waals surface area contributed by atoms with Crippen molar-refractivity contribution in [2.75, 3.05) is 46.2 Å². The normalized spacial score (nSPS) is 18.4. The Kier molecular flexibility index (Phi) is 6.43. The monoisotopic (exact) mass is 430 g/mol. The fraction of sp³-hybridized carbons (Fsp3) is 0.458. The minimum atomic E-state index is -0.383. The number of hydrogen-bond donors (Lipinski definition) is 0. The number of halogens is 1. The van der Waals surface area contributed by atoms with Gasteiger partial charge in [0.1, 0.15) is 19.0 Å². The van der Waals surface area contributed by atoms with Crippen LogP contribution >= 0.6 is 0 Å². The van der Waals surface area contributed by atoms with E-state index in [9.17, 15) is 9.18 Å². The molecule has 0 N–H and O–H groups in total. The van der Waals surface area contributed by atoms with Gasteiger partial charge in [-0.3, -0.25) is 4.79 Å². The van der Waals surface area contributed by atoms with Crippen LogP contribution in [-0.4, -0.2) is 52.2 Å². The number of hydrogen-bond acceptors (Lipinski definition) is 6. The lowest BCUT2D eigenvalue weighted by Crippen LogP contribution is -2.51. The number of carbonyl (C=O) groups is 1. The molecule has 0 unspecified atom stereocenters. The van der Waals surface area contributed by atoms with Gasteiger partial charge >= 0.3 is 5.97 Å². The molecular weight excluding hydrogens is 403 g/mol. The van der Waals surface area contributed by atoms with E-state index in [2.05, 4.69) is 0 Å². The van der Waals surface area contributed by atoms with Crippen LogP contribution < -0.4 is 9.47 Å². The summed E-state index contributed by atoms with van der Waals surface area (Å²) in [6.45, 7) is 4.88. The molecule has 0 amide bonds. The Morgan fingerprint density at radius 2 is 1.65 bits per heavy atom. The highest BCUT2D eigenvalue weighted by Gasteiger charge is 2.43. The van der Waals surface area contributed by atoms with E-state index in [1.54, 1.807) is 25.1 Å². The van der Waals surface area contributed by atoms with E-state index in [1.807, 2.05) is 24.3 Å². The first-order valence-corrected chi connectivity index (χ1v) is 10.5. The van der Waals surface area contributed by atoms with Gasteiger partial charge in [-0.25, -0.2) is 4.39 Å². The van der Waals surface area contributed by atoms with E-state index in [-0.39, 0.29) is 28.4 Å². The van der Waals surface area contributed by atoms with Crippen molar-refractivity contribution >= 4 is 5.97 Å². The number of esters is 1. The molecule has 2 aromatic carbocycles. The molecule has 2 heterocycles. The van der Waals surface area contributed by atoms with E-state index in [4.69, 9.17) is 23.7 Å². The average molecular weight is 430 g/mol. The number of benzene rings is 2. The molecule has 0 aliphatic carbocycles. The van der Waals surface area contributed by atoms with Gasteiger partial charge in [0.15, 0.2) is 11.6 Å². The summed E-state index contributed by atoms with van der Waals surface area (Å²) in [5.41, 5.74) is 0.388. The Balaban J connectivity index is 1.34. The fourth-order valence-electron chi connectivity index (χ4n) is 3.74. The summed E-state index contributed by atoms with van der Waals surface area (Å²) in [7, 11) is 0. The van der Waals surface area contributed by atoms with Crippen LogP contribution in [0.3, 0.4) is 0 Å². The smallest absolute Gasteiger partial charge is 0.306 e. The third kappa shape index (κ3) is 4.83. The Labute approximate surface area is 181 Å². The van der Waals surface area contributed by atoms with Crippen LogP contribution in [0.5, 0.6) is 11.5 Å². The first-order chi connectivity index (χ1) is 15.0. The molecule has 2 aliphatic rings.